The van der Waals surface area contributed by atoms with Gasteiger partial charge >= 0.3 is 0 Å². The molecule has 1 aliphatic heterocycles. The highest BCUT2D eigenvalue weighted by Gasteiger charge is 2.44. The maximum Gasteiger partial charge on any atom is 0.246 e. The third kappa shape index (κ3) is 11.8. The average Bonchev–Trinajstić information content (AvgIpc) is 3.72. The van der Waals surface area contributed by atoms with E-state index in [1.54, 1.807) is 16.8 Å². The summed E-state index contributed by atoms with van der Waals surface area (Å²) < 4.78 is 34.6. The number of unbranched alkanes of at least 4 members (excludes halogenated alkanes) is 3. The van der Waals surface area contributed by atoms with Crippen molar-refractivity contribution in [3.63, 3.8) is 0 Å². The molecular weight excluding hydrogens is 717 g/mol. The van der Waals surface area contributed by atoms with Gasteiger partial charge in [-0.3, -0.25) is 19.2 Å². The van der Waals surface area contributed by atoms with Crippen molar-refractivity contribution in [1.29, 1.82) is 0 Å². The number of aliphatic hydroxyl groups excluding tert-OH is 1. The number of aliphatic hydroxyl groups is 1. The standard InChI is InChI=1S/C40H53F2N5O6S/c1-24(26-14-16-27(17-15-26)36-25(2)44-23-54-36)45-38(51)31-21-30(48)22-47(31)39(52)37(40(3,4)5)46-34(50)13-8-6-7-11-28-19-29(41)20-32(35(28)42)53-18-10-9-12-33(43)49/h14-17,19-20,23-24,30-31,37,48H,6-13,18,21-22H2,1-5H3,(H2,43,49)(H,45,51)(H,46,50)/t24-,30+,31-,37+/m0/s1. The summed E-state index contributed by atoms with van der Waals surface area (Å²) in [6.07, 6.45) is 2.18. The van der Waals surface area contributed by atoms with Crippen molar-refractivity contribution in [2.75, 3.05) is 13.2 Å². The monoisotopic (exact) mass is 769 g/mol. The average molecular weight is 770 g/mol. The smallest absolute Gasteiger partial charge is 0.246 e. The van der Waals surface area contributed by atoms with E-state index < -0.39 is 47.1 Å². The number of aromatic nitrogens is 1. The number of hydrogen-bond donors (Lipinski definition) is 4. The number of rotatable bonds is 18. The summed E-state index contributed by atoms with van der Waals surface area (Å²) >= 11 is 1.56. The first-order valence-electron chi connectivity index (χ1n) is 18.5. The Hall–Kier alpha value is -4.43. The van der Waals surface area contributed by atoms with E-state index in [1.165, 1.54) is 4.90 Å². The number of benzene rings is 2. The van der Waals surface area contributed by atoms with Crippen LogP contribution in [0, 0.1) is 24.0 Å². The number of carbonyl (C=O) groups is 4. The van der Waals surface area contributed by atoms with Gasteiger partial charge in [0.05, 0.1) is 34.8 Å². The highest BCUT2D eigenvalue weighted by molar-refractivity contribution is 7.13. The molecule has 1 fully saturated rings. The zero-order valence-electron chi connectivity index (χ0n) is 31.8. The van der Waals surface area contributed by atoms with E-state index in [1.807, 2.05) is 58.9 Å². The van der Waals surface area contributed by atoms with Crippen LogP contribution in [0.2, 0.25) is 0 Å². The fourth-order valence-corrected chi connectivity index (χ4v) is 7.33. The molecule has 2 aromatic carbocycles. The van der Waals surface area contributed by atoms with Crippen molar-refractivity contribution in [2.45, 2.75) is 117 Å². The van der Waals surface area contributed by atoms with E-state index in [-0.39, 0.29) is 68.0 Å². The first kappa shape index (κ1) is 42.3. The number of nitrogens with zero attached hydrogens (tertiary/aromatic N) is 2. The number of ether oxygens (including phenoxy) is 1. The minimum Gasteiger partial charge on any atom is -0.490 e. The summed E-state index contributed by atoms with van der Waals surface area (Å²) in [6.45, 7) is 9.37. The Balaban J connectivity index is 1.28. The second-order valence-electron chi connectivity index (χ2n) is 15.1. The van der Waals surface area contributed by atoms with E-state index >= 15 is 0 Å². The van der Waals surface area contributed by atoms with Gasteiger partial charge in [0.25, 0.3) is 0 Å². The number of thiazole rings is 1. The van der Waals surface area contributed by atoms with Gasteiger partial charge in [0.15, 0.2) is 11.6 Å². The van der Waals surface area contributed by atoms with Gasteiger partial charge in [0.1, 0.15) is 17.9 Å². The molecule has 0 spiro atoms. The zero-order valence-corrected chi connectivity index (χ0v) is 32.6. The van der Waals surface area contributed by atoms with E-state index in [0.29, 0.717) is 32.1 Å². The predicted molar refractivity (Wildman–Crippen MR) is 203 cm³/mol. The third-order valence-corrected chi connectivity index (χ3v) is 10.5. The van der Waals surface area contributed by atoms with Crippen molar-refractivity contribution >= 4 is 35.0 Å². The Morgan fingerprint density at radius 1 is 1.04 bits per heavy atom. The van der Waals surface area contributed by atoms with Crippen LogP contribution in [0.25, 0.3) is 10.4 Å². The van der Waals surface area contributed by atoms with Crippen LogP contribution in [0.3, 0.4) is 0 Å². The molecule has 14 heteroatoms. The van der Waals surface area contributed by atoms with Crippen molar-refractivity contribution in [2.24, 2.45) is 11.1 Å². The second kappa shape index (κ2) is 19.2. The van der Waals surface area contributed by atoms with Gasteiger partial charge < -0.3 is 31.1 Å². The van der Waals surface area contributed by atoms with Gasteiger partial charge in [0, 0.05) is 31.9 Å². The number of β-amino-alcohol motifs (C(OH)–C–C–N with tert-alkyl or cyclic N) is 1. The van der Waals surface area contributed by atoms with Crippen LogP contribution < -0.4 is 21.1 Å². The summed E-state index contributed by atoms with van der Waals surface area (Å²) in [5, 5.41) is 16.4. The fourth-order valence-electron chi connectivity index (χ4n) is 6.52. The molecule has 0 saturated carbocycles. The summed E-state index contributed by atoms with van der Waals surface area (Å²) in [4.78, 5) is 58.3. The number of nitrogens with one attached hydrogen (secondary N) is 2. The van der Waals surface area contributed by atoms with E-state index in [4.69, 9.17) is 10.5 Å². The van der Waals surface area contributed by atoms with Crippen LogP contribution in [-0.4, -0.2) is 70.0 Å². The first-order valence-corrected chi connectivity index (χ1v) is 19.4. The second-order valence-corrected chi connectivity index (χ2v) is 15.9. The first-order chi connectivity index (χ1) is 25.5. The van der Waals surface area contributed by atoms with Gasteiger partial charge in [-0.15, -0.1) is 11.3 Å². The molecule has 0 bridgehead atoms. The van der Waals surface area contributed by atoms with Gasteiger partial charge in [-0.05, 0) is 74.1 Å². The van der Waals surface area contributed by atoms with Crippen molar-refractivity contribution in [1.82, 2.24) is 20.5 Å². The van der Waals surface area contributed by atoms with Crippen LogP contribution in [0.1, 0.15) is 102 Å². The molecule has 3 aromatic rings. The lowest BCUT2D eigenvalue weighted by molar-refractivity contribution is -0.144. The highest BCUT2D eigenvalue weighted by atomic mass is 32.1. The number of halogens is 2. The lowest BCUT2D eigenvalue weighted by Crippen LogP contribution is -2.57. The molecule has 4 rings (SSSR count). The topological polar surface area (TPSA) is 164 Å². The lowest BCUT2D eigenvalue weighted by Gasteiger charge is -2.35. The molecule has 54 heavy (non-hydrogen) atoms. The number of likely N-dealkylation sites (tertiary alicyclic amines) is 1. The summed E-state index contributed by atoms with van der Waals surface area (Å²) in [5.74, 6) is -3.06. The van der Waals surface area contributed by atoms with Crippen LogP contribution in [0.4, 0.5) is 8.78 Å². The van der Waals surface area contributed by atoms with Crippen molar-refractivity contribution in [3.05, 3.63) is 70.4 Å². The molecule has 1 aliphatic rings. The van der Waals surface area contributed by atoms with E-state index in [9.17, 15) is 33.1 Å². The predicted octanol–water partition coefficient (Wildman–Crippen LogP) is 5.90. The largest absolute Gasteiger partial charge is 0.490 e. The summed E-state index contributed by atoms with van der Waals surface area (Å²) in [7, 11) is 0. The molecular formula is C40H53F2N5O6S. The van der Waals surface area contributed by atoms with Crippen molar-refractivity contribution in [3.8, 4) is 16.2 Å². The molecule has 0 radical (unpaired) electrons. The zero-order chi connectivity index (χ0) is 39.6. The summed E-state index contributed by atoms with van der Waals surface area (Å²) in [6, 6.07) is 7.76. The maximum absolute atomic E-state index is 15.0. The summed E-state index contributed by atoms with van der Waals surface area (Å²) in [5.41, 5.74) is 9.26. The molecule has 4 atom stereocenters. The molecule has 294 valence electrons. The molecule has 1 aromatic heterocycles. The van der Waals surface area contributed by atoms with Gasteiger partial charge in [-0.25, -0.2) is 13.8 Å². The number of primary amides is 1. The normalized spacial score (nSPS) is 16.9. The van der Waals surface area contributed by atoms with Crippen LogP contribution in [-0.2, 0) is 25.6 Å². The molecule has 4 amide bonds. The van der Waals surface area contributed by atoms with Crippen LogP contribution in [0.5, 0.6) is 5.75 Å². The van der Waals surface area contributed by atoms with Crippen molar-refractivity contribution < 1.29 is 37.8 Å². The number of aryl methyl sites for hydroxylation is 2. The highest BCUT2D eigenvalue weighted by Crippen LogP contribution is 2.30. The molecule has 1 saturated heterocycles. The number of hydrogen-bond acceptors (Lipinski definition) is 8. The molecule has 0 unspecified atom stereocenters. The van der Waals surface area contributed by atoms with E-state index in [0.717, 1.165) is 33.8 Å². The molecule has 5 N–H and O–H groups in total. The van der Waals surface area contributed by atoms with Gasteiger partial charge in [0.2, 0.25) is 23.6 Å². The maximum atomic E-state index is 15.0. The third-order valence-electron chi connectivity index (χ3n) is 9.56. The Labute approximate surface area is 320 Å². The SMILES string of the molecule is Cc1ncsc1-c1ccc([C@H](C)NC(=O)[C@@H]2C[C@@H](O)CN2C(=O)[C@@H](NC(=O)CCCCCc2cc(F)cc(OCCCCC(N)=O)c2F)C(C)(C)C)cc1. The Bertz CT molecular complexity index is 1760. The van der Waals surface area contributed by atoms with Crippen LogP contribution >= 0.6 is 11.3 Å². The molecule has 2 heterocycles. The number of amides is 4. The minimum atomic E-state index is -0.957. The Morgan fingerprint density at radius 3 is 2.39 bits per heavy atom. The van der Waals surface area contributed by atoms with Crippen LogP contribution in [0.15, 0.2) is 41.9 Å². The van der Waals surface area contributed by atoms with E-state index in [2.05, 4.69) is 15.6 Å². The minimum absolute atomic E-state index is 0.0324. The lowest BCUT2D eigenvalue weighted by atomic mass is 9.85. The number of nitrogens with two attached hydrogens (primary N) is 1. The number of carbonyl (C=O) groups excluding carboxylic acids is 4. The Kier molecular flexibility index (Phi) is 15.1. The quantitative estimate of drug-likeness (QED) is 0.117. The van der Waals surface area contributed by atoms with Gasteiger partial charge in [-0.1, -0.05) is 51.5 Å². The Morgan fingerprint density at radius 2 is 1.74 bits per heavy atom. The molecule has 0 aliphatic carbocycles. The molecule has 11 nitrogen and oxygen atoms in total. The fraction of sp³-hybridized carbons (Fsp3) is 0.525. The van der Waals surface area contributed by atoms with Gasteiger partial charge in [-0.2, -0.15) is 0 Å².